The van der Waals surface area contributed by atoms with Gasteiger partial charge in [0, 0.05) is 52.3 Å². The molecule has 294 valence electrons. The van der Waals surface area contributed by atoms with Gasteiger partial charge in [0.1, 0.15) is 22.3 Å². The van der Waals surface area contributed by atoms with Crippen molar-refractivity contribution in [2.45, 2.75) is 0 Å². The fraction of sp³-hybridized carbons (Fsp3) is 0.0370. The van der Waals surface area contributed by atoms with Gasteiger partial charge in [-0.3, -0.25) is 9.13 Å². The summed E-state index contributed by atoms with van der Waals surface area (Å²) in [5.41, 5.74) is 13.7. The van der Waals surface area contributed by atoms with Gasteiger partial charge in [0.25, 0.3) is 0 Å². The van der Waals surface area contributed by atoms with Gasteiger partial charge in [-0.25, -0.2) is 19.7 Å². The van der Waals surface area contributed by atoms with Crippen molar-refractivity contribution in [1.82, 2.24) is 24.1 Å². The maximum Gasteiger partial charge on any atom is 0.328 e. The Morgan fingerprint density at radius 1 is 0.339 bits per heavy atom. The largest absolute Gasteiger partial charge is 0.456 e. The number of aromatic nitrogens is 5. The van der Waals surface area contributed by atoms with E-state index in [1.165, 1.54) is 0 Å². The second-order valence-corrected chi connectivity index (χ2v) is 15.8. The summed E-state index contributed by atoms with van der Waals surface area (Å²) in [6.45, 7) is 0. The Morgan fingerprint density at radius 2 is 0.774 bits per heavy atom. The molecule has 0 spiro atoms. The topological polar surface area (TPSA) is 91.9 Å². The first-order chi connectivity index (χ1) is 30.4. The molecule has 0 fully saturated rings. The van der Waals surface area contributed by atoms with Crippen molar-refractivity contribution in [1.29, 1.82) is 0 Å². The van der Waals surface area contributed by atoms with E-state index in [1.807, 2.05) is 84.9 Å². The molecule has 0 aliphatic carbocycles. The third kappa shape index (κ3) is 5.84. The molecule has 12 rings (SSSR count). The van der Waals surface area contributed by atoms with Crippen molar-refractivity contribution in [2.75, 3.05) is 0 Å². The van der Waals surface area contributed by atoms with Gasteiger partial charge in [-0.1, -0.05) is 103 Å². The highest BCUT2D eigenvalue weighted by Crippen LogP contribution is 2.39. The number of aryl methyl sites for hydroxylation is 2. The van der Waals surface area contributed by atoms with Crippen LogP contribution in [0.25, 0.3) is 122 Å². The van der Waals surface area contributed by atoms with Crippen molar-refractivity contribution in [3.8, 4) is 67.5 Å². The van der Waals surface area contributed by atoms with E-state index < -0.39 is 0 Å². The molecule has 0 N–H and O–H groups in total. The number of rotatable bonds is 6. The predicted molar refractivity (Wildman–Crippen MR) is 249 cm³/mol. The van der Waals surface area contributed by atoms with E-state index in [1.54, 1.807) is 23.2 Å². The molecule has 4 aromatic heterocycles. The quantitative estimate of drug-likeness (QED) is 0.166. The molecular formula is C54H35N5O3. The zero-order valence-corrected chi connectivity index (χ0v) is 33.7. The van der Waals surface area contributed by atoms with Gasteiger partial charge < -0.3 is 8.83 Å². The maximum absolute atomic E-state index is 12.7. The van der Waals surface area contributed by atoms with E-state index in [-0.39, 0.29) is 5.69 Å². The Balaban J connectivity index is 1.06. The molecule has 0 unspecified atom stereocenters. The number of hydrogen-bond acceptors (Lipinski definition) is 6. The summed E-state index contributed by atoms with van der Waals surface area (Å²) in [6, 6.07) is 60.0. The third-order valence-corrected chi connectivity index (χ3v) is 12.0. The Hall–Kier alpha value is -8.36. The van der Waals surface area contributed by atoms with Crippen LogP contribution < -0.4 is 5.69 Å². The minimum absolute atomic E-state index is 0.0599. The Kier molecular flexibility index (Phi) is 7.95. The summed E-state index contributed by atoms with van der Waals surface area (Å²) in [4.78, 5) is 28.3. The molecule has 0 saturated carbocycles. The van der Waals surface area contributed by atoms with Crippen LogP contribution in [0.1, 0.15) is 0 Å². The van der Waals surface area contributed by atoms with Gasteiger partial charge in [0.2, 0.25) is 0 Å². The highest BCUT2D eigenvalue weighted by Gasteiger charge is 2.18. The van der Waals surface area contributed by atoms with Crippen LogP contribution in [0.2, 0.25) is 0 Å². The lowest BCUT2D eigenvalue weighted by Crippen LogP contribution is -2.19. The van der Waals surface area contributed by atoms with Crippen LogP contribution in [0, 0.1) is 0 Å². The normalized spacial score (nSPS) is 11.8. The molecule has 4 heterocycles. The number of fused-ring (bicyclic) bond motifs is 7. The first-order valence-electron chi connectivity index (χ1n) is 20.5. The van der Waals surface area contributed by atoms with Crippen molar-refractivity contribution in [2.24, 2.45) is 14.1 Å². The van der Waals surface area contributed by atoms with Crippen LogP contribution in [0.15, 0.2) is 190 Å². The number of hydrogen-bond donors (Lipinski definition) is 0. The van der Waals surface area contributed by atoms with Crippen molar-refractivity contribution in [3.63, 3.8) is 0 Å². The SMILES string of the molecule is Cn1c(=O)n(C)c2cc(-c3cccc(-c4nc(-c5ccccc5)nc(-c5cc(-c6ccc7oc8ccccc8c7c6)cc(-c6ccc7oc8ccccc8c7c6)c5)n4)c3)ccc21. The molecule has 0 amide bonds. The third-order valence-electron chi connectivity index (χ3n) is 12.0. The fourth-order valence-electron chi connectivity index (χ4n) is 8.78. The smallest absolute Gasteiger partial charge is 0.328 e. The number of furan rings is 2. The molecule has 8 nitrogen and oxygen atoms in total. The van der Waals surface area contributed by atoms with Crippen molar-refractivity contribution >= 4 is 54.9 Å². The van der Waals surface area contributed by atoms with Crippen LogP contribution >= 0.6 is 0 Å². The van der Waals surface area contributed by atoms with E-state index in [0.717, 1.165) is 105 Å². The standard InChI is InChI=1S/C54H35N5O3/c1-58-45-22-19-36(31-46(45)59(2)54(58)60)33-13-10-14-37(25-33)52-55-51(32-11-4-3-5-12-32)56-53(57-52)40-27-38(34-20-23-49-43(29-34)41-15-6-8-17-47(41)61-49)26-39(28-40)35-21-24-50-44(30-35)42-16-7-9-18-48(42)62-50/h3-31H,1-2H3. The molecule has 0 saturated heterocycles. The highest BCUT2D eigenvalue weighted by atomic mass is 16.3. The lowest BCUT2D eigenvalue weighted by Gasteiger charge is -2.13. The van der Waals surface area contributed by atoms with Crippen LogP contribution in [0.3, 0.4) is 0 Å². The van der Waals surface area contributed by atoms with Gasteiger partial charge in [-0.2, -0.15) is 0 Å². The Morgan fingerprint density at radius 3 is 1.42 bits per heavy atom. The molecule has 12 aromatic rings. The minimum atomic E-state index is -0.0599. The lowest BCUT2D eigenvalue weighted by atomic mass is 9.94. The summed E-state index contributed by atoms with van der Waals surface area (Å²) in [5, 5.41) is 4.25. The van der Waals surface area contributed by atoms with Gasteiger partial charge >= 0.3 is 5.69 Å². The Bertz CT molecular complexity index is 3680. The zero-order chi connectivity index (χ0) is 41.5. The fourth-order valence-corrected chi connectivity index (χ4v) is 8.78. The highest BCUT2D eigenvalue weighted by molar-refractivity contribution is 6.07. The summed E-state index contributed by atoms with van der Waals surface area (Å²) in [7, 11) is 3.60. The average molecular weight is 802 g/mol. The molecule has 8 heteroatoms. The van der Waals surface area contributed by atoms with Gasteiger partial charge in [0.05, 0.1) is 11.0 Å². The number of benzene rings is 8. The Labute approximate surface area is 354 Å². The van der Waals surface area contributed by atoms with Gasteiger partial charge in [0.15, 0.2) is 17.5 Å². The number of para-hydroxylation sites is 2. The van der Waals surface area contributed by atoms with Gasteiger partial charge in [-0.05, 0) is 106 Å². The summed E-state index contributed by atoms with van der Waals surface area (Å²) in [6.07, 6.45) is 0. The molecule has 0 aliphatic rings. The summed E-state index contributed by atoms with van der Waals surface area (Å²) in [5.74, 6) is 1.67. The molecule has 0 atom stereocenters. The van der Waals surface area contributed by atoms with E-state index in [2.05, 4.69) is 91.0 Å². The van der Waals surface area contributed by atoms with Crippen LogP contribution in [0.5, 0.6) is 0 Å². The van der Waals surface area contributed by atoms with E-state index in [4.69, 9.17) is 23.8 Å². The zero-order valence-electron chi connectivity index (χ0n) is 33.7. The predicted octanol–water partition coefficient (Wildman–Crippen LogP) is 12.9. The van der Waals surface area contributed by atoms with E-state index >= 15 is 0 Å². The van der Waals surface area contributed by atoms with Crippen molar-refractivity contribution < 1.29 is 8.83 Å². The molecule has 0 bridgehead atoms. The molecular weight excluding hydrogens is 767 g/mol. The monoisotopic (exact) mass is 801 g/mol. The number of nitrogens with zero attached hydrogens (tertiary/aromatic N) is 5. The summed E-state index contributed by atoms with van der Waals surface area (Å²) < 4.78 is 15.8. The minimum Gasteiger partial charge on any atom is -0.456 e. The molecule has 0 aliphatic heterocycles. The second-order valence-electron chi connectivity index (χ2n) is 15.8. The molecule has 62 heavy (non-hydrogen) atoms. The summed E-state index contributed by atoms with van der Waals surface area (Å²) >= 11 is 0. The van der Waals surface area contributed by atoms with Gasteiger partial charge in [-0.15, -0.1) is 0 Å². The molecule has 8 aromatic carbocycles. The number of imidazole rings is 1. The lowest BCUT2D eigenvalue weighted by molar-refractivity contribution is 0.668. The van der Waals surface area contributed by atoms with Crippen LogP contribution in [-0.2, 0) is 14.1 Å². The van der Waals surface area contributed by atoms with E-state index in [0.29, 0.717) is 17.5 Å². The second kappa shape index (κ2) is 13.9. The first-order valence-corrected chi connectivity index (χ1v) is 20.5. The average Bonchev–Trinajstić information content (AvgIpc) is 3.97. The van der Waals surface area contributed by atoms with E-state index in [9.17, 15) is 4.79 Å². The molecule has 0 radical (unpaired) electrons. The van der Waals surface area contributed by atoms with Crippen molar-refractivity contribution in [3.05, 3.63) is 186 Å². The van der Waals surface area contributed by atoms with Crippen LogP contribution in [0.4, 0.5) is 0 Å². The van der Waals surface area contributed by atoms with Crippen LogP contribution in [-0.4, -0.2) is 24.1 Å². The first kappa shape index (κ1) is 35.6. The maximum atomic E-state index is 12.7.